The number of nitro benzene ring substituents is 1. The zero-order chi connectivity index (χ0) is 15.9. The van der Waals surface area contributed by atoms with Crippen LogP contribution in [0.25, 0.3) is 0 Å². The van der Waals surface area contributed by atoms with Crippen LogP contribution in [0.2, 0.25) is 0 Å². The molecule has 1 amide bonds. The van der Waals surface area contributed by atoms with Crippen LogP contribution < -0.4 is 10.4 Å². The van der Waals surface area contributed by atoms with Gasteiger partial charge in [-0.15, -0.1) is 0 Å². The van der Waals surface area contributed by atoms with Gasteiger partial charge in [0.05, 0.1) is 10.8 Å². The second kappa shape index (κ2) is 5.25. The van der Waals surface area contributed by atoms with Crippen molar-refractivity contribution in [2.24, 2.45) is 23.7 Å². The minimum absolute atomic E-state index is 0.0755. The van der Waals surface area contributed by atoms with Crippen molar-refractivity contribution in [3.63, 3.8) is 0 Å². The molecule has 0 spiro atoms. The number of fused-ring (bicyclic) bond motifs is 2. The minimum atomic E-state index is -1.21. The highest BCUT2D eigenvalue weighted by molar-refractivity contribution is 5.96. The number of nitro groups is 1. The summed E-state index contributed by atoms with van der Waals surface area (Å²) in [6.45, 7) is 0. The molecule has 0 radical (unpaired) electrons. The molecule has 7 heteroatoms. The van der Waals surface area contributed by atoms with Crippen molar-refractivity contribution in [2.45, 2.75) is 6.42 Å². The third kappa shape index (κ3) is 2.34. The van der Waals surface area contributed by atoms with Crippen LogP contribution in [0.5, 0.6) is 0 Å². The van der Waals surface area contributed by atoms with Crippen LogP contribution in [-0.2, 0) is 9.59 Å². The van der Waals surface area contributed by atoms with Gasteiger partial charge in [0.15, 0.2) is 0 Å². The fourth-order valence-corrected chi connectivity index (χ4v) is 3.39. The number of carboxylic acid groups (broad SMARTS) is 1. The molecule has 2 bridgehead atoms. The standard InChI is InChI=1S/C15H14N2O5/c18-14(16-10-3-5-11(6-4-10)17(21)22)12-8-1-2-9(7-8)13(12)15(19)20/h1-6,8-9,12-13H,7H2,(H,16,18)(H,19,20)/p-1/t8-,9-,12-,13-/m0/s1. The number of allylic oxidation sites excluding steroid dienone is 2. The van der Waals surface area contributed by atoms with Crippen molar-refractivity contribution >= 4 is 23.3 Å². The zero-order valence-corrected chi connectivity index (χ0v) is 11.5. The Morgan fingerprint density at radius 2 is 1.68 bits per heavy atom. The van der Waals surface area contributed by atoms with Gasteiger partial charge >= 0.3 is 0 Å². The van der Waals surface area contributed by atoms with Gasteiger partial charge in [-0.05, 0) is 30.4 Å². The van der Waals surface area contributed by atoms with Gasteiger partial charge in [0.1, 0.15) is 0 Å². The number of carbonyl (C=O) groups excluding carboxylic acids is 2. The van der Waals surface area contributed by atoms with Crippen molar-refractivity contribution in [1.29, 1.82) is 0 Å². The topological polar surface area (TPSA) is 112 Å². The lowest BCUT2D eigenvalue weighted by Gasteiger charge is -2.27. The lowest BCUT2D eigenvalue weighted by atomic mass is 9.82. The molecule has 4 atom stereocenters. The van der Waals surface area contributed by atoms with Gasteiger partial charge < -0.3 is 15.2 Å². The van der Waals surface area contributed by atoms with Crippen LogP contribution in [0.1, 0.15) is 6.42 Å². The number of hydrogen-bond donors (Lipinski definition) is 1. The molecule has 114 valence electrons. The van der Waals surface area contributed by atoms with Crippen molar-refractivity contribution in [1.82, 2.24) is 0 Å². The predicted octanol–water partition coefficient (Wildman–Crippen LogP) is 0.721. The number of hydrogen-bond acceptors (Lipinski definition) is 5. The number of amides is 1. The lowest BCUT2D eigenvalue weighted by molar-refractivity contribution is -0.384. The number of carboxylic acids is 1. The summed E-state index contributed by atoms with van der Waals surface area (Å²) in [5, 5.41) is 24.5. The molecular weight excluding hydrogens is 288 g/mol. The first kappa shape index (κ1) is 14.2. The van der Waals surface area contributed by atoms with Gasteiger partial charge in [0.2, 0.25) is 5.91 Å². The highest BCUT2D eigenvalue weighted by atomic mass is 16.6. The monoisotopic (exact) mass is 301 g/mol. The van der Waals surface area contributed by atoms with Gasteiger partial charge in [-0.25, -0.2) is 0 Å². The molecule has 2 aliphatic carbocycles. The van der Waals surface area contributed by atoms with Gasteiger partial charge in [-0.1, -0.05) is 12.2 Å². The average molecular weight is 301 g/mol. The molecule has 1 saturated carbocycles. The van der Waals surface area contributed by atoms with Gasteiger partial charge in [-0.2, -0.15) is 0 Å². The van der Waals surface area contributed by atoms with E-state index >= 15 is 0 Å². The van der Waals surface area contributed by atoms with E-state index in [1.807, 2.05) is 12.2 Å². The fraction of sp³-hybridized carbons (Fsp3) is 0.333. The van der Waals surface area contributed by atoms with Crippen LogP contribution in [0.15, 0.2) is 36.4 Å². The lowest BCUT2D eigenvalue weighted by Crippen LogP contribution is -2.42. The Kier molecular flexibility index (Phi) is 3.40. The molecule has 0 aliphatic heterocycles. The van der Waals surface area contributed by atoms with Gasteiger partial charge in [-0.3, -0.25) is 14.9 Å². The number of nitrogens with one attached hydrogen (secondary N) is 1. The number of rotatable bonds is 4. The highest BCUT2D eigenvalue weighted by Gasteiger charge is 2.48. The molecule has 1 fully saturated rings. The van der Waals surface area contributed by atoms with Crippen LogP contribution in [0, 0.1) is 33.8 Å². The van der Waals surface area contributed by atoms with E-state index in [2.05, 4.69) is 5.32 Å². The second-order valence-electron chi connectivity index (χ2n) is 5.61. The normalized spacial score (nSPS) is 28.5. The summed E-state index contributed by atoms with van der Waals surface area (Å²) in [6, 6.07) is 5.42. The van der Waals surface area contributed by atoms with E-state index < -0.39 is 22.7 Å². The number of aliphatic carboxylic acids is 1. The molecule has 0 unspecified atom stereocenters. The summed E-state index contributed by atoms with van der Waals surface area (Å²) in [6.07, 6.45) is 4.36. The van der Waals surface area contributed by atoms with Crippen molar-refractivity contribution < 1.29 is 19.6 Å². The van der Waals surface area contributed by atoms with Crippen LogP contribution in [0.3, 0.4) is 0 Å². The molecule has 1 N–H and O–H groups in total. The molecule has 2 aliphatic rings. The first-order chi connectivity index (χ1) is 10.5. The number of anilines is 1. The third-order valence-corrected chi connectivity index (χ3v) is 4.38. The summed E-state index contributed by atoms with van der Waals surface area (Å²) in [5.41, 5.74) is 0.327. The maximum absolute atomic E-state index is 12.4. The Bertz CT molecular complexity index is 667. The molecule has 0 aromatic heterocycles. The van der Waals surface area contributed by atoms with Crippen LogP contribution >= 0.6 is 0 Å². The Hall–Kier alpha value is -2.70. The van der Waals surface area contributed by atoms with E-state index in [0.29, 0.717) is 12.1 Å². The Morgan fingerprint density at radius 1 is 1.09 bits per heavy atom. The van der Waals surface area contributed by atoms with E-state index in [4.69, 9.17) is 0 Å². The maximum Gasteiger partial charge on any atom is 0.269 e. The number of nitrogens with zero attached hydrogens (tertiary/aromatic N) is 1. The first-order valence-electron chi connectivity index (χ1n) is 6.92. The van der Waals surface area contributed by atoms with E-state index in [9.17, 15) is 24.8 Å². The average Bonchev–Trinajstić information content (AvgIpc) is 3.08. The van der Waals surface area contributed by atoms with E-state index in [1.54, 1.807) is 0 Å². The molecule has 1 aromatic carbocycles. The predicted molar refractivity (Wildman–Crippen MR) is 74.5 cm³/mol. The van der Waals surface area contributed by atoms with Gasteiger partial charge in [0, 0.05) is 29.7 Å². The van der Waals surface area contributed by atoms with E-state index in [0.717, 1.165) is 0 Å². The van der Waals surface area contributed by atoms with Crippen molar-refractivity contribution in [2.75, 3.05) is 5.32 Å². The summed E-state index contributed by atoms with van der Waals surface area (Å²) in [5.74, 6) is -3.31. The molecule has 22 heavy (non-hydrogen) atoms. The smallest absolute Gasteiger partial charge is 0.269 e. The Labute approximate surface area is 125 Å². The Morgan fingerprint density at radius 3 is 2.23 bits per heavy atom. The summed E-state index contributed by atoms with van der Waals surface area (Å²) in [7, 11) is 0. The molecule has 1 aromatic rings. The molecule has 0 heterocycles. The van der Waals surface area contributed by atoms with E-state index in [1.165, 1.54) is 24.3 Å². The number of non-ortho nitro benzene ring substituents is 1. The van der Waals surface area contributed by atoms with Gasteiger partial charge in [0.25, 0.3) is 5.69 Å². The van der Waals surface area contributed by atoms with Crippen LogP contribution in [0.4, 0.5) is 11.4 Å². The molecule has 3 rings (SSSR count). The Balaban J connectivity index is 1.75. The molecule has 0 saturated heterocycles. The van der Waals surface area contributed by atoms with Crippen molar-refractivity contribution in [3.8, 4) is 0 Å². The number of carbonyl (C=O) groups is 2. The second-order valence-corrected chi connectivity index (χ2v) is 5.61. The highest BCUT2D eigenvalue weighted by Crippen LogP contribution is 2.48. The maximum atomic E-state index is 12.4. The van der Waals surface area contributed by atoms with E-state index in [-0.39, 0.29) is 23.4 Å². The van der Waals surface area contributed by atoms with Crippen molar-refractivity contribution in [3.05, 3.63) is 46.5 Å². The SMILES string of the molecule is O=C([O-])[C@@H]1[C@@H](C(=O)Nc2ccc([N+](=O)[O-])cc2)[C@H]2C=C[C@H]1C2. The first-order valence-corrected chi connectivity index (χ1v) is 6.92. The summed E-state index contributed by atoms with van der Waals surface area (Å²) < 4.78 is 0. The largest absolute Gasteiger partial charge is 0.550 e. The zero-order valence-electron chi connectivity index (χ0n) is 11.5. The molecule has 7 nitrogen and oxygen atoms in total. The third-order valence-electron chi connectivity index (χ3n) is 4.38. The summed E-state index contributed by atoms with van der Waals surface area (Å²) in [4.78, 5) is 33.7. The fourth-order valence-electron chi connectivity index (χ4n) is 3.39. The number of benzene rings is 1. The molecular formula is C15H13N2O5-. The minimum Gasteiger partial charge on any atom is -0.550 e. The van der Waals surface area contributed by atoms with Crippen LogP contribution in [-0.4, -0.2) is 16.8 Å². The summed E-state index contributed by atoms with van der Waals surface area (Å²) >= 11 is 0. The quantitative estimate of drug-likeness (QED) is 0.500.